The minimum atomic E-state index is -0.469. The van der Waals surface area contributed by atoms with Gasteiger partial charge in [0.05, 0.1) is 4.92 Å². The first-order valence-electron chi connectivity index (χ1n) is 6.52. The minimum absolute atomic E-state index is 0.0595. The Morgan fingerprint density at radius 1 is 1.50 bits per heavy atom. The fraction of sp³-hybridized carbons (Fsp3) is 0.462. The van der Waals surface area contributed by atoms with Crippen LogP contribution in [0.3, 0.4) is 0 Å². The number of nitrogens with one attached hydrogen (secondary N) is 1. The maximum atomic E-state index is 10.9. The zero-order valence-corrected chi connectivity index (χ0v) is 10.8. The van der Waals surface area contributed by atoms with Crippen LogP contribution in [0.1, 0.15) is 19.3 Å². The largest absolute Gasteiger partial charge is 0.423 e. The summed E-state index contributed by atoms with van der Waals surface area (Å²) in [5.74, 6) is 0. The van der Waals surface area contributed by atoms with Gasteiger partial charge in [-0.1, -0.05) is 6.07 Å². The van der Waals surface area contributed by atoms with E-state index in [2.05, 4.69) is 10.3 Å². The van der Waals surface area contributed by atoms with Gasteiger partial charge in [0.15, 0.2) is 11.1 Å². The highest BCUT2D eigenvalue weighted by atomic mass is 16.6. The number of aromatic nitrogens is 1. The number of benzene rings is 1. The number of para-hydroxylation sites is 1. The molecule has 1 heterocycles. The molecule has 0 bridgehead atoms. The third-order valence-corrected chi connectivity index (χ3v) is 3.81. The van der Waals surface area contributed by atoms with Gasteiger partial charge in [-0.15, -0.1) is 0 Å². The SMILES string of the molecule is O=[N+]([O-])c1cccc2oc(NCC3(CCO)CC3)nc12. The number of aliphatic hydroxyl groups is 1. The molecule has 0 radical (unpaired) electrons. The molecule has 7 nitrogen and oxygen atoms in total. The van der Waals surface area contributed by atoms with E-state index in [1.807, 2.05) is 0 Å². The summed E-state index contributed by atoms with van der Waals surface area (Å²) < 4.78 is 5.47. The molecule has 2 N–H and O–H groups in total. The van der Waals surface area contributed by atoms with Crippen molar-refractivity contribution in [2.75, 3.05) is 18.5 Å². The van der Waals surface area contributed by atoms with Crippen molar-refractivity contribution in [2.24, 2.45) is 5.41 Å². The fourth-order valence-electron chi connectivity index (χ4n) is 2.35. The number of fused-ring (bicyclic) bond motifs is 1. The molecule has 0 saturated heterocycles. The molecule has 1 aromatic carbocycles. The first-order chi connectivity index (χ1) is 9.63. The highest BCUT2D eigenvalue weighted by molar-refractivity contribution is 5.83. The predicted molar refractivity (Wildman–Crippen MR) is 72.5 cm³/mol. The van der Waals surface area contributed by atoms with Gasteiger partial charge in [-0.2, -0.15) is 4.98 Å². The van der Waals surface area contributed by atoms with Gasteiger partial charge in [0.1, 0.15) is 0 Å². The van der Waals surface area contributed by atoms with E-state index < -0.39 is 4.92 Å². The number of nitro groups is 1. The van der Waals surface area contributed by atoms with Crippen LogP contribution >= 0.6 is 0 Å². The molecule has 1 fully saturated rings. The fourth-order valence-corrected chi connectivity index (χ4v) is 2.35. The second kappa shape index (κ2) is 4.75. The van der Waals surface area contributed by atoms with Crippen molar-refractivity contribution < 1.29 is 14.4 Å². The molecular formula is C13H15N3O4. The maximum Gasteiger partial charge on any atom is 0.298 e. The van der Waals surface area contributed by atoms with Crippen LogP contribution in [0.2, 0.25) is 0 Å². The number of aliphatic hydroxyl groups excluding tert-OH is 1. The molecule has 1 saturated carbocycles. The summed E-state index contributed by atoms with van der Waals surface area (Å²) in [6, 6.07) is 4.92. The topological polar surface area (TPSA) is 101 Å². The standard InChI is InChI=1S/C13H15N3O4/c17-7-6-13(4-5-13)8-14-12-15-11-9(16(18)19)2-1-3-10(11)20-12/h1-3,17H,4-8H2,(H,14,15). The number of rotatable bonds is 6. The minimum Gasteiger partial charge on any atom is -0.423 e. The summed E-state index contributed by atoms with van der Waals surface area (Å²) in [6.07, 6.45) is 2.89. The molecular weight excluding hydrogens is 262 g/mol. The van der Waals surface area contributed by atoms with Gasteiger partial charge in [0, 0.05) is 19.2 Å². The van der Waals surface area contributed by atoms with E-state index in [-0.39, 0.29) is 23.2 Å². The maximum absolute atomic E-state index is 10.9. The summed E-state index contributed by atoms with van der Waals surface area (Å²) in [5, 5.41) is 23.0. The van der Waals surface area contributed by atoms with Crippen molar-refractivity contribution in [1.29, 1.82) is 0 Å². The van der Waals surface area contributed by atoms with Crippen molar-refractivity contribution in [1.82, 2.24) is 4.98 Å². The number of nitrogens with zero attached hydrogens (tertiary/aromatic N) is 2. The van der Waals surface area contributed by atoms with Gasteiger partial charge in [0.25, 0.3) is 11.7 Å². The van der Waals surface area contributed by atoms with E-state index in [4.69, 9.17) is 9.52 Å². The lowest BCUT2D eigenvalue weighted by molar-refractivity contribution is -0.383. The number of non-ortho nitro benzene ring substituents is 1. The Morgan fingerprint density at radius 3 is 2.95 bits per heavy atom. The van der Waals surface area contributed by atoms with Gasteiger partial charge in [-0.25, -0.2) is 0 Å². The average molecular weight is 277 g/mol. The van der Waals surface area contributed by atoms with Crippen LogP contribution in [0.4, 0.5) is 11.7 Å². The van der Waals surface area contributed by atoms with Crippen molar-refractivity contribution >= 4 is 22.8 Å². The molecule has 1 aromatic heterocycles. The van der Waals surface area contributed by atoms with Gasteiger partial charge in [0.2, 0.25) is 0 Å². The quantitative estimate of drug-likeness (QED) is 0.620. The van der Waals surface area contributed by atoms with E-state index in [9.17, 15) is 10.1 Å². The Labute approximate surface area is 114 Å². The van der Waals surface area contributed by atoms with Crippen LogP contribution < -0.4 is 5.32 Å². The lowest BCUT2D eigenvalue weighted by Gasteiger charge is -2.12. The number of nitro benzene ring substituents is 1. The first-order valence-corrected chi connectivity index (χ1v) is 6.52. The van der Waals surface area contributed by atoms with E-state index in [0.29, 0.717) is 18.1 Å². The highest BCUT2D eigenvalue weighted by Crippen LogP contribution is 2.48. The van der Waals surface area contributed by atoms with Gasteiger partial charge in [-0.05, 0) is 30.7 Å². The lowest BCUT2D eigenvalue weighted by Crippen LogP contribution is -2.16. The van der Waals surface area contributed by atoms with Crippen LogP contribution in [0.15, 0.2) is 22.6 Å². The van der Waals surface area contributed by atoms with Gasteiger partial charge in [-0.3, -0.25) is 10.1 Å². The van der Waals surface area contributed by atoms with Crippen molar-refractivity contribution in [2.45, 2.75) is 19.3 Å². The van der Waals surface area contributed by atoms with E-state index in [0.717, 1.165) is 19.3 Å². The molecule has 3 rings (SSSR count). The number of hydrogen-bond acceptors (Lipinski definition) is 6. The molecule has 2 aromatic rings. The summed E-state index contributed by atoms with van der Waals surface area (Å²) in [7, 11) is 0. The van der Waals surface area contributed by atoms with Crippen molar-refractivity contribution in [3.63, 3.8) is 0 Å². The Balaban J connectivity index is 1.79. The summed E-state index contributed by atoms with van der Waals surface area (Å²) in [5.41, 5.74) is 0.720. The molecule has 7 heteroatoms. The second-order valence-corrected chi connectivity index (χ2v) is 5.23. The summed E-state index contributed by atoms with van der Waals surface area (Å²) >= 11 is 0. The van der Waals surface area contributed by atoms with Crippen LogP contribution in [0.5, 0.6) is 0 Å². The van der Waals surface area contributed by atoms with Crippen molar-refractivity contribution in [3.8, 4) is 0 Å². The molecule has 106 valence electrons. The monoisotopic (exact) mass is 277 g/mol. The van der Waals surface area contributed by atoms with Crippen molar-refractivity contribution in [3.05, 3.63) is 28.3 Å². The third-order valence-electron chi connectivity index (χ3n) is 3.81. The van der Waals surface area contributed by atoms with Crippen LogP contribution in [0, 0.1) is 15.5 Å². The van der Waals surface area contributed by atoms with Gasteiger partial charge >= 0.3 is 0 Å². The lowest BCUT2D eigenvalue weighted by atomic mass is 10.0. The van der Waals surface area contributed by atoms with E-state index in [1.54, 1.807) is 12.1 Å². The summed E-state index contributed by atoms with van der Waals surface area (Å²) in [4.78, 5) is 14.6. The zero-order valence-electron chi connectivity index (χ0n) is 10.8. The number of hydrogen-bond donors (Lipinski definition) is 2. The zero-order chi connectivity index (χ0) is 14.2. The molecule has 1 aliphatic carbocycles. The van der Waals surface area contributed by atoms with Crippen LogP contribution in [-0.2, 0) is 0 Å². The van der Waals surface area contributed by atoms with Crippen LogP contribution in [-0.4, -0.2) is 28.2 Å². The summed E-state index contributed by atoms with van der Waals surface area (Å²) in [6.45, 7) is 0.828. The number of anilines is 1. The average Bonchev–Trinajstić information content (AvgIpc) is 3.05. The van der Waals surface area contributed by atoms with Crippen LogP contribution in [0.25, 0.3) is 11.1 Å². The first kappa shape index (κ1) is 12.9. The predicted octanol–water partition coefficient (Wildman–Crippen LogP) is 2.31. The second-order valence-electron chi connectivity index (χ2n) is 5.23. The molecule has 0 spiro atoms. The Morgan fingerprint density at radius 2 is 2.30 bits per heavy atom. The highest BCUT2D eigenvalue weighted by Gasteiger charge is 2.41. The molecule has 1 aliphatic rings. The normalized spacial score (nSPS) is 16.2. The van der Waals surface area contributed by atoms with E-state index in [1.165, 1.54) is 6.07 Å². The third kappa shape index (κ3) is 2.32. The van der Waals surface area contributed by atoms with Gasteiger partial charge < -0.3 is 14.8 Å². The Kier molecular flexibility index (Phi) is 3.06. The molecule has 0 atom stereocenters. The van der Waals surface area contributed by atoms with E-state index >= 15 is 0 Å². The smallest absolute Gasteiger partial charge is 0.298 e. The Hall–Kier alpha value is -2.15. The Bertz CT molecular complexity index is 648. The molecule has 0 unspecified atom stereocenters. The molecule has 0 aliphatic heterocycles. The molecule has 20 heavy (non-hydrogen) atoms. The number of oxazole rings is 1. The molecule has 0 amide bonds.